The van der Waals surface area contributed by atoms with Crippen LogP contribution in [0.4, 0.5) is 0 Å². The Morgan fingerprint density at radius 1 is 0.972 bits per heavy atom. The molecule has 3 aromatic rings. The third-order valence-corrected chi connectivity index (χ3v) is 6.92. The average Bonchev–Trinajstić information content (AvgIpc) is 3.13. The van der Waals surface area contributed by atoms with E-state index in [-0.39, 0.29) is 22.8 Å². The second kappa shape index (κ2) is 10.3. The van der Waals surface area contributed by atoms with E-state index < -0.39 is 27.8 Å². The van der Waals surface area contributed by atoms with Gasteiger partial charge in [0.15, 0.2) is 0 Å². The minimum atomic E-state index is -3.81. The standard InChI is InChI=1S/C27H26N2O6S/c1-2-35-21-12-10-20(11-13-21)25(30)23-24(19-6-4-3-5-7-19)29(27(32)26(23)31)17-16-18-8-14-22(15-9-18)36(28,33)34/h3-15,24,30H,2,16-17H2,1H3,(H2,28,33,34)/t24-/m0/s1. The van der Waals surface area contributed by atoms with Crippen LogP contribution in [0.25, 0.3) is 5.76 Å². The fourth-order valence-electron chi connectivity index (χ4n) is 4.22. The lowest BCUT2D eigenvalue weighted by atomic mass is 9.95. The van der Waals surface area contributed by atoms with E-state index in [1.165, 1.54) is 17.0 Å². The number of nitrogens with two attached hydrogens (primary N) is 1. The summed E-state index contributed by atoms with van der Waals surface area (Å²) in [5, 5.41) is 16.3. The van der Waals surface area contributed by atoms with Gasteiger partial charge in [0.1, 0.15) is 11.5 Å². The van der Waals surface area contributed by atoms with Crippen molar-refractivity contribution in [3.8, 4) is 5.75 Å². The number of aliphatic hydroxyl groups excluding tert-OH is 1. The van der Waals surface area contributed by atoms with Crippen LogP contribution in [-0.2, 0) is 26.0 Å². The van der Waals surface area contributed by atoms with Gasteiger partial charge in [-0.15, -0.1) is 0 Å². The smallest absolute Gasteiger partial charge is 0.295 e. The van der Waals surface area contributed by atoms with Crippen LogP contribution in [0.3, 0.4) is 0 Å². The summed E-state index contributed by atoms with van der Waals surface area (Å²) in [5.41, 5.74) is 1.87. The Hall–Kier alpha value is -3.95. The summed E-state index contributed by atoms with van der Waals surface area (Å²) in [6, 6.07) is 21.0. The average molecular weight is 507 g/mol. The SMILES string of the molecule is CCOc1ccc(C(O)=C2C(=O)C(=O)N(CCc3ccc(S(N)(=O)=O)cc3)[C@H]2c2ccccc2)cc1. The quantitative estimate of drug-likeness (QED) is 0.274. The number of nitrogens with zero attached hydrogens (tertiary/aromatic N) is 1. The number of primary sulfonamides is 1. The fraction of sp³-hybridized carbons (Fsp3) is 0.185. The van der Waals surface area contributed by atoms with Crippen molar-refractivity contribution in [2.45, 2.75) is 24.3 Å². The fourth-order valence-corrected chi connectivity index (χ4v) is 4.73. The van der Waals surface area contributed by atoms with E-state index in [0.717, 1.165) is 5.56 Å². The number of likely N-dealkylation sites (tertiary alicyclic amines) is 1. The first-order valence-electron chi connectivity index (χ1n) is 11.4. The van der Waals surface area contributed by atoms with E-state index in [1.807, 2.05) is 13.0 Å². The first-order chi connectivity index (χ1) is 17.2. The second-order valence-corrected chi connectivity index (χ2v) is 9.86. The molecule has 1 aliphatic rings. The molecule has 0 spiro atoms. The summed E-state index contributed by atoms with van der Waals surface area (Å²) in [6.45, 7) is 2.54. The number of benzene rings is 3. The van der Waals surface area contributed by atoms with Gasteiger partial charge in [-0.05, 0) is 60.9 Å². The molecule has 1 amide bonds. The molecule has 36 heavy (non-hydrogen) atoms. The van der Waals surface area contributed by atoms with Crippen molar-refractivity contribution in [2.75, 3.05) is 13.2 Å². The summed E-state index contributed by atoms with van der Waals surface area (Å²) in [6.07, 6.45) is 0.365. The molecule has 0 aliphatic carbocycles. The predicted octanol–water partition coefficient (Wildman–Crippen LogP) is 3.40. The molecule has 1 atom stereocenters. The monoisotopic (exact) mass is 506 g/mol. The molecular weight excluding hydrogens is 480 g/mol. The predicted molar refractivity (Wildman–Crippen MR) is 135 cm³/mol. The molecular formula is C27H26N2O6S. The Morgan fingerprint density at radius 3 is 2.19 bits per heavy atom. The van der Waals surface area contributed by atoms with Gasteiger partial charge in [0.05, 0.1) is 23.1 Å². The number of hydrogen-bond donors (Lipinski definition) is 2. The van der Waals surface area contributed by atoms with Crippen LogP contribution in [0, 0.1) is 0 Å². The number of Topliss-reactive ketones (excluding diaryl/α,β-unsaturated/α-hetero) is 1. The Bertz CT molecular complexity index is 1400. The van der Waals surface area contributed by atoms with Crippen molar-refractivity contribution in [2.24, 2.45) is 5.14 Å². The number of ether oxygens (including phenoxy) is 1. The van der Waals surface area contributed by atoms with E-state index >= 15 is 0 Å². The van der Waals surface area contributed by atoms with Gasteiger partial charge < -0.3 is 14.7 Å². The van der Waals surface area contributed by atoms with Crippen molar-refractivity contribution in [1.29, 1.82) is 0 Å². The molecule has 1 heterocycles. The van der Waals surface area contributed by atoms with Crippen molar-refractivity contribution in [3.05, 3.63) is 101 Å². The number of rotatable bonds is 8. The van der Waals surface area contributed by atoms with Gasteiger partial charge in [-0.2, -0.15) is 0 Å². The van der Waals surface area contributed by atoms with Crippen LogP contribution in [-0.4, -0.2) is 43.3 Å². The molecule has 0 unspecified atom stereocenters. The highest BCUT2D eigenvalue weighted by Gasteiger charge is 2.45. The molecule has 0 aromatic heterocycles. The minimum absolute atomic E-state index is 0.00802. The molecule has 1 aliphatic heterocycles. The van der Waals surface area contributed by atoms with Crippen LogP contribution in [0.15, 0.2) is 89.3 Å². The van der Waals surface area contributed by atoms with Crippen molar-refractivity contribution >= 4 is 27.5 Å². The highest BCUT2D eigenvalue weighted by atomic mass is 32.2. The number of carbonyl (C=O) groups is 2. The number of sulfonamides is 1. The summed E-state index contributed by atoms with van der Waals surface area (Å²) in [5.74, 6) is -1.11. The normalized spacial score (nSPS) is 17.4. The van der Waals surface area contributed by atoms with Crippen LogP contribution >= 0.6 is 0 Å². The first-order valence-corrected chi connectivity index (χ1v) is 12.9. The molecule has 1 saturated heterocycles. The molecule has 0 bridgehead atoms. The third-order valence-electron chi connectivity index (χ3n) is 5.99. The Balaban J connectivity index is 1.68. The van der Waals surface area contributed by atoms with Gasteiger partial charge in [0, 0.05) is 12.1 Å². The van der Waals surface area contributed by atoms with Crippen molar-refractivity contribution < 1.29 is 27.9 Å². The van der Waals surface area contributed by atoms with Crippen LogP contribution in [0.5, 0.6) is 5.75 Å². The van der Waals surface area contributed by atoms with Gasteiger partial charge in [0.2, 0.25) is 10.0 Å². The number of aliphatic hydroxyl groups is 1. The second-order valence-electron chi connectivity index (χ2n) is 8.30. The third kappa shape index (κ3) is 5.17. The maximum Gasteiger partial charge on any atom is 0.295 e. The van der Waals surface area contributed by atoms with Crippen LogP contribution in [0.1, 0.15) is 29.7 Å². The van der Waals surface area contributed by atoms with Crippen LogP contribution in [0.2, 0.25) is 0 Å². The number of hydrogen-bond acceptors (Lipinski definition) is 6. The summed E-state index contributed by atoms with van der Waals surface area (Å²) in [4.78, 5) is 27.7. The topological polar surface area (TPSA) is 127 Å². The highest BCUT2D eigenvalue weighted by molar-refractivity contribution is 7.89. The van der Waals surface area contributed by atoms with E-state index in [4.69, 9.17) is 9.88 Å². The molecule has 9 heteroatoms. The zero-order chi connectivity index (χ0) is 25.9. The molecule has 1 fully saturated rings. The van der Waals surface area contributed by atoms with Crippen LogP contribution < -0.4 is 9.88 Å². The lowest BCUT2D eigenvalue weighted by molar-refractivity contribution is -0.139. The Morgan fingerprint density at radius 2 is 1.61 bits per heavy atom. The molecule has 3 aromatic carbocycles. The highest BCUT2D eigenvalue weighted by Crippen LogP contribution is 2.39. The lowest BCUT2D eigenvalue weighted by Gasteiger charge is -2.25. The maximum atomic E-state index is 13.1. The summed E-state index contributed by atoms with van der Waals surface area (Å²) < 4.78 is 28.5. The number of amides is 1. The molecule has 0 saturated carbocycles. The molecule has 186 valence electrons. The first kappa shape index (κ1) is 25.2. The van der Waals surface area contributed by atoms with Gasteiger partial charge in [0.25, 0.3) is 11.7 Å². The largest absolute Gasteiger partial charge is 0.507 e. The molecule has 3 N–H and O–H groups in total. The van der Waals surface area contributed by atoms with E-state index in [1.54, 1.807) is 60.7 Å². The summed E-state index contributed by atoms with van der Waals surface area (Å²) >= 11 is 0. The van der Waals surface area contributed by atoms with Crippen molar-refractivity contribution in [1.82, 2.24) is 4.90 Å². The van der Waals surface area contributed by atoms with Gasteiger partial charge in [-0.25, -0.2) is 13.6 Å². The zero-order valence-electron chi connectivity index (χ0n) is 19.6. The minimum Gasteiger partial charge on any atom is -0.507 e. The summed E-state index contributed by atoms with van der Waals surface area (Å²) in [7, 11) is -3.81. The van der Waals surface area contributed by atoms with Gasteiger partial charge >= 0.3 is 0 Å². The van der Waals surface area contributed by atoms with E-state index in [0.29, 0.717) is 29.9 Å². The van der Waals surface area contributed by atoms with Gasteiger partial charge in [-0.3, -0.25) is 9.59 Å². The van der Waals surface area contributed by atoms with E-state index in [2.05, 4.69) is 0 Å². The van der Waals surface area contributed by atoms with Gasteiger partial charge in [-0.1, -0.05) is 42.5 Å². The Labute approximate surface area is 209 Å². The zero-order valence-corrected chi connectivity index (χ0v) is 20.4. The van der Waals surface area contributed by atoms with Crippen molar-refractivity contribution in [3.63, 3.8) is 0 Å². The molecule has 4 rings (SSSR count). The lowest BCUT2D eigenvalue weighted by Crippen LogP contribution is -2.31. The number of ketones is 1. The number of carbonyl (C=O) groups excluding carboxylic acids is 2. The molecule has 8 nitrogen and oxygen atoms in total. The Kier molecular flexibility index (Phi) is 7.23. The van der Waals surface area contributed by atoms with E-state index in [9.17, 15) is 23.1 Å². The molecule has 0 radical (unpaired) electrons. The maximum absolute atomic E-state index is 13.1.